The van der Waals surface area contributed by atoms with Crippen LogP contribution in [0.4, 0.5) is 5.69 Å². The lowest BCUT2D eigenvalue weighted by Crippen LogP contribution is -2.20. The van der Waals surface area contributed by atoms with Gasteiger partial charge < -0.3 is 15.4 Å². The lowest BCUT2D eigenvalue weighted by molar-refractivity contribution is -0.119. The quantitative estimate of drug-likeness (QED) is 0.655. The highest BCUT2D eigenvalue weighted by molar-refractivity contribution is 5.90. The molecule has 2 amide bonds. The number of hydrogen-bond donors (Lipinski definition) is 2. The number of amides is 2. The Bertz CT molecular complexity index is 709. The lowest BCUT2D eigenvalue weighted by atomic mass is 10.2. The second kappa shape index (κ2) is 10.2. The SMILES string of the molecule is CC(=O)NCCCCCC(=O)Nc1ccc(Oc2ccc(C)cc2)cc1. The van der Waals surface area contributed by atoms with Crippen molar-refractivity contribution in [3.8, 4) is 11.5 Å². The van der Waals surface area contributed by atoms with Gasteiger partial charge in [0.15, 0.2) is 0 Å². The van der Waals surface area contributed by atoms with Crippen molar-refractivity contribution in [1.82, 2.24) is 5.32 Å². The fraction of sp³-hybridized carbons (Fsp3) is 0.333. The zero-order valence-corrected chi connectivity index (χ0v) is 15.4. The summed E-state index contributed by atoms with van der Waals surface area (Å²) in [5, 5.41) is 5.63. The summed E-state index contributed by atoms with van der Waals surface area (Å²) >= 11 is 0. The minimum atomic E-state index is -0.0162. The summed E-state index contributed by atoms with van der Waals surface area (Å²) in [7, 11) is 0. The Kier molecular flexibility index (Phi) is 7.68. The molecule has 0 aliphatic heterocycles. The van der Waals surface area contributed by atoms with Gasteiger partial charge in [-0.1, -0.05) is 24.1 Å². The molecule has 0 unspecified atom stereocenters. The number of rotatable bonds is 9. The lowest BCUT2D eigenvalue weighted by Gasteiger charge is -2.08. The van der Waals surface area contributed by atoms with Crippen molar-refractivity contribution in [2.75, 3.05) is 11.9 Å². The van der Waals surface area contributed by atoms with Crippen LogP contribution in [-0.2, 0) is 9.59 Å². The van der Waals surface area contributed by atoms with Crippen LogP contribution in [0.1, 0.15) is 38.2 Å². The number of carbonyl (C=O) groups is 2. The van der Waals surface area contributed by atoms with Gasteiger partial charge in [0.1, 0.15) is 11.5 Å². The fourth-order valence-electron chi connectivity index (χ4n) is 2.42. The van der Waals surface area contributed by atoms with Gasteiger partial charge in [-0.25, -0.2) is 0 Å². The molecule has 0 fully saturated rings. The topological polar surface area (TPSA) is 67.4 Å². The summed E-state index contributed by atoms with van der Waals surface area (Å²) in [6.45, 7) is 4.20. The molecule has 2 rings (SSSR count). The molecule has 5 heteroatoms. The molecule has 0 saturated heterocycles. The number of aryl methyl sites for hydroxylation is 1. The second-order valence-corrected chi connectivity index (χ2v) is 6.28. The van der Waals surface area contributed by atoms with E-state index in [1.807, 2.05) is 55.5 Å². The molecule has 0 bridgehead atoms. The van der Waals surface area contributed by atoms with Crippen LogP contribution >= 0.6 is 0 Å². The van der Waals surface area contributed by atoms with Crippen LogP contribution in [0.25, 0.3) is 0 Å². The zero-order chi connectivity index (χ0) is 18.8. The fourth-order valence-corrected chi connectivity index (χ4v) is 2.42. The summed E-state index contributed by atoms with van der Waals surface area (Å²) in [6, 6.07) is 15.2. The summed E-state index contributed by atoms with van der Waals surface area (Å²) in [5.74, 6) is 1.49. The number of benzene rings is 2. The zero-order valence-electron chi connectivity index (χ0n) is 15.4. The number of ether oxygens (including phenoxy) is 1. The van der Waals surface area contributed by atoms with E-state index in [4.69, 9.17) is 4.74 Å². The summed E-state index contributed by atoms with van der Waals surface area (Å²) in [5.41, 5.74) is 1.94. The molecule has 0 atom stereocenters. The average Bonchev–Trinajstić information content (AvgIpc) is 2.61. The van der Waals surface area contributed by atoms with Crippen molar-refractivity contribution in [3.05, 3.63) is 54.1 Å². The van der Waals surface area contributed by atoms with Crippen molar-refractivity contribution in [2.24, 2.45) is 0 Å². The molecule has 0 radical (unpaired) electrons. The number of hydrogen-bond acceptors (Lipinski definition) is 3. The maximum atomic E-state index is 11.9. The van der Waals surface area contributed by atoms with E-state index in [9.17, 15) is 9.59 Å². The van der Waals surface area contributed by atoms with Crippen molar-refractivity contribution >= 4 is 17.5 Å². The third kappa shape index (κ3) is 7.38. The Balaban J connectivity index is 1.70. The molecule has 0 aliphatic rings. The van der Waals surface area contributed by atoms with Gasteiger partial charge in [0.25, 0.3) is 0 Å². The molecule has 2 N–H and O–H groups in total. The van der Waals surface area contributed by atoms with Crippen molar-refractivity contribution in [1.29, 1.82) is 0 Å². The molecule has 0 spiro atoms. The molecule has 2 aromatic rings. The van der Waals surface area contributed by atoms with Crippen LogP contribution in [0.5, 0.6) is 11.5 Å². The van der Waals surface area contributed by atoms with Gasteiger partial charge in [-0.2, -0.15) is 0 Å². The van der Waals surface area contributed by atoms with Crippen LogP contribution in [-0.4, -0.2) is 18.4 Å². The molecule has 0 aromatic heterocycles. The van der Waals surface area contributed by atoms with Gasteiger partial charge in [0.2, 0.25) is 11.8 Å². The van der Waals surface area contributed by atoms with Crippen LogP contribution in [0.2, 0.25) is 0 Å². The van der Waals surface area contributed by atoms with Crippen molar-refractivity contribution in [2.45, 2.75) is 39.5 Å². The van der Waals surface area contributed by atoms with E-state index < -0.39 is 0 Å². The van der Waals surface area contributed by atoms with Crippen LogP contribution in [0, 0.1) is 6.92 Å². The minimum Gasteiger partial charge on any atom is -0.457 e. The smallest absolute Gasteiger partial charge is 0.224 e. The maximum absolute atomic E-state index is 11.9. The highest BCUT2D eigenvalue weighted by atomic mass is 16.5. The van der Waals surface area contributed by atoms with Crippen molar-refractivity contribution in [3.63, 3.8) is 0 Å². The van der Waals surface area contributed by atoms with Crippen LogP contribution in [0.3, 0.4) is 0 Å². The Morgan fingerprint density at radius 2 is 1.50 bits per heavy atom. The first kappa shape index (κ1) is 19.5. The summed E-state index contributed by atoms with van der Waals surface area (Å²) in [4.78, 5) is 22.7. The Labute approximate surface area is 154 Å². The van der Waals surface area contributed by atoms with Gasteiger partial charge in [-0.15, -0.1) is 0 Å². The normalized spacial score (nSPS) is 10.2. The largest absolute Gasteiger partial charge is 0.457 e. The van der Waals surface area contributed by atoms with Gasteiger partial charge in [0.05, 0.1) is 0 Å². The highest BCUT2D eigenvalue weighted by Gasteiger charge is 2.03. The number of unbranched alkanes of at least 4 members (excludes halogenated alkanes) is 2. The van der Waals surface area contributed by atoms with E-state index in [-0.39, 0.29) is 11.8 Å². The Hall–Kier alpha value is -2.82. The van der Waals surface area contributed by atoms with E-state index in [1.165, 1.54) is 12.5 Å². The summed E-state index contributed by atoms with van der Waals surface area (Å²) in [6.07, 6.45) is 3.08. The predicted octanol–water partition coefficient (Wildman–Crippen LogP) is 4.42. The third-order valence-corrected chi connectivity index (χ3v) is 3.85. The first-order chi connectivity index (χ1) is 12.5. The maximum Gasteiger partial charge on any atom is 0.224 e. The van der Waals surface area contributed by atoms with E-state index in [0.29, 0.717) is 13.0 Å². The van der Waals surface area contributed by atoms with Gasteiger partial charge in [-0.05, 0) is 56.2 Å². The number of carbonyl (C=O) groups excluding carboxylic acids is 2. The first-order valence-electron chi connectivity index (χ1n) is 8.92. The molecule has 2 aromatic carbocycles. The second-order valence-electron chi connectivity index (χ2n) is 6.28. The van der Waals surface area contributed by atoms with E-state index in [1.54, 1.807) is 0 Å². The minimum absolute atomic E-state index is 0.00303. The molecule has 26 heavy (non-hydrogen) atoms. The molecule has 0 aliphatic carbocycles. The molecular formula is C21H26N2O3. The van der Waals surface area contributed by atoms with E-state index >= 15 is 0 Å². The monoisotopic (exact) mass is 354 g/mol. The van der Waals surface area contributed by atoms with Gasteiger partial charge in [-0.3, -0.25) is 9.59 Å². The Morgan fingerprint density at radius 3 is 2.12 bits per heavy atom. The standard InChI is InChI=1S/C21H26N2O3/c1-16-7-11-19(12-8-16)26-20-13-9-18(10-14-20)23-21(25)6-4-3-5-15-22-17(2)24/h7-14H,3-6,15H2,1-2H3,(H,22,24)(H,23,25). The molecule has 0 heterocycles. The van der Waals surface area contributed by atoms with Gasteiger partial charge >= 0.3 is 0 Å². The number of anilines is 1. The number of nitrogens with one attached hydrogen (secondary N) is 2. The van der Waals surface area contributed by atoms with Crippen LogP contribution < -0.4 is 15.4 Å². The third-order valence-electron chi connectivity index (χ3n) is 3.85. The molecule has 138 valence electrons. The van der Waals surface area contributed by atoms with Crippen molar-refractivity contribution < 1.29 is 14.3 Å². The summed E-state index contributed by atoms with van der Waals surface area (Å²) < 4.78 is 5.77. The molecule has 0 saturated carbocycles. The molecule has 5 nitrogen and oxygen atoms in total. The van der Waals surface area contributed by atoms with E-state index in [0.717, 1.165) is 36.4 Å². The first-order valence-corrected chi connectivity index (χ1v) is 8.92. The molecular weight excluding hydrogens is 328 g/mol. The predicted molar refractivity (Wildman–Crippen MR) is 103 cm³/mol. The average molecular weight is 354 g/mol. The van der Waals surface area contributed by atoms with Crippen LogP contribution in [0.15, 0.2) is 48.5 Å². The highest BCUT2D eigenvalue weighted by Crippen LogP contribution is 2.23. The van der Waals surface area contributed by atoms with Gasteiger partial charge in [0, 0.05) is 25.6 Å². The van der Waals surface area contributed by atoms with E-state index in [2.05, 4.69) is 10.6 Å². The Morgan fingerprint density at radius 1 is 0.885 bits per heavy atom.